The number of hydrogen-bond donors (Lipinski definition) is 2. The molecule has 6 heteroatoms. The van der Waals surface area contributed by atoms with E-state index >= 15 is 0 Å². The molecule has 2 N–H and O–H groups in total. The molecule has 1 aliphatic heterocycles. The number of aryl methyl sites for hydroxylation is 1. The predicted octanol–water partition coefficient (Wildman–Crippen LogP) is 1.01. The Hall–Kier alpha value is -1.79. The molecule has 0 spiro atoms. The van der Waals surface area contributed by atoms with Crippen LogP contribution in [0.1, 0.15) is 5.56 Å². The van der Waals surface area contributed by atoms with E-state index in [0.717, 1.165) is 5.56 Å². The van der Waals surface area contributed by atoms with Crippen LogP contribution in [0.4, 0.5) is 10.5 Å². The average Bonchev–Trinajstić information content (AvgIpc) is 2.56. The van der Waals surface area contributed by atoms with Gasteiger partial charge < -0.3 is 9.84 Å². The van der Waals surface area contributed by atoms with Gasteiger partial charge in [0.25, 0.3) is 0 Å². The standard InChI is InChI=1S/C11H15N3O3/c1-7-5-4-6-8(15)9(7)14-10(17-3)12-13(2)11(14)16/h4-6,10,12,15H,1-3H3. The Morgan fingerprint density at radius 3 is 2.76 bits per heavy atom. The van der Waals surface area contributed by atoms with Crippen LogP contribution in [-0.2, 0) is 4.74 Å². The lowest BCUT2D eigenvalue weighted by Gasteiger charge is -2.23. The average molecular weight is 237 g/mol. The van der Waals surface area contributed by atoms with Gasteiger partial charge in [-0.2, -0.15) is 5.43 Å². The number of benzene rings is 1. The van der Waals surface area contributed by atoms with Crippen LogP contribution in [0, 0.1) is 6.92 Å². The van der Waals surface area contributed by atoms with Gasteiger partial charge in [0.15, 0.2) is 0 Å². The van der Waals surface area contributed by atoms with Crippen LogP contribution in [-0.4, -0.2) is 36.7 Å². The molecule has 92 valence electrons. The highest BCUT2D eigenvalue weighted by Crippen LogP contribution is 2.34. The minimum absolute atomic E-state index is 0.0532. The van der Waals surface area contributed by atoms with Gasteiger partial charge in [0.1, 0.15) is 5.75 Å². The fourth-order valence-electron chi connectivity index (χ4n) is 1.87. The summed E-state index contributed by atoms with van der Waals surface area (Å²) in [6, 6.07) is 4.82. The van der Waals surface area contributed by atoms with Crippen LogP contribution >= 0.6 is 0 Å². The Bertz CT molecular complexity index is 429. The van der Waals surface area contributed by atoms with Gasteiger partial charge in [0.2, 0.25) is 6.35 Å². The topological polar surface area (TPSA) is 65.0 Å². The van der Waals surface area contributed by atoms with Crippen molar-refractivity contribution in [1.82, 2.24) is 10.4 Å². The number of rotatable bonds is 2. The monoisotopic (exact) mass is 237 g/mol. The maximum Gasteiger partial charge on any atom is 0.342 e. The molecule has 1 fully saturated rings. The Morgan fingerprint density at radius 2 is 2.18 bits per heavy atom. The van der Waals surface area contributed by atoms with Gasteiger partial charge in [0, 0.05) is 14.2 Å². The van der Waals surface area contributed by atoms with Crippen LogP contribution in [0.2, 0.25) is 0 Å². The number of urea groups is 1. The second-order valence-electron chi connectivity index (χ2n) is 3.87. The maximum absolute atomic E-state index is 12.0. The molecule has 0 radical (unpaired) electrons. The van der Waals surface area contributed by atoms with Crippen molar-refractivity contribution in [2.45, 2.75) is 13.3 Å². The van der Waals surface area contributed by atoms with E-state index in [2.05, 4.69) is 5.43 Å². The number of para-hydroxylation sites is 1. The number of ether oxygens (including phenoxy) is 1. The summed E-state index contributed by atoms with van der Waals surface area (Å²) in [7, 11) is 3.09. The van der Waals surface area contributed by atoms with Crippen molar-refractivity contribution < 1.29 is 14.6 Å². The normalized spacial score (nSPS) is 20.2. The molecule has 0 aromatic heterocycles. The highest BCUT2D eigenvalue weighted by Gasteiger charge is 2.38. The molecular weight excluding hydrogens is 222 g/mol. The molecule has 6 nitrogen and oxygen atoms in total. The van der Waals surface area contributed by atoms with E-state index in [0.29, 0.717) is 5.69 Å². The first kappa shape index (κ1) is 11.7. The largest absolute Gasteiger partial charge is 0.506 e. The van der Waals surface area contributed by atoms with Crippen LogP contribution < -0.4 is 10.3 Å². The quantitative estimate of drug-likeness (QED) is 0.805. The van der Waals surface area contributed by atoms with E-state index in [4.69, 9.17) is 4.74 Å². The van der Waals surface area contributed by atoms with Gasteiger partial charge >= 0.3 is 6.03 Å². The molecule has 0 bridgehead atoms. The molecule has 1 heterocycles. The third kappa shape index (κ3) is 1.81. The van der Waals surface area contributed by atoms with E-state index in [9.17, 15) is 9.90 Å². The smallest absolute Gasteiger partial charge is 0.342 e. The molecule has 1 atom stereocenters. The van der Waals surface area contributed by atoms with Gasteiger partial charge in [-0.05, 0) is 18.6 Å². The Kier molecular flexibility index (Phi) is 2.91. The lowest BCUT2D eigenvalue weighted by atomic mass is 10.1. The Balaban J connectivity index is 2.48. The number of phenolic OH excluding ortho intramolecular Hbond substituents is 1. The summed E-state index contributed by atoms with van der Waals surface area (Å²) in [5.41, 5.74) is 4.10. The van der Waals surface area contributed by atoms with E-state index in [1.54, 1.807) is 19.2 Å². The van der Waals surface area contributed by atoms with Gasteiger partial charge in [0.05, 0.1) is 5.69 Å². The summed E-state index contributed by atoms with van der Waals surface area (Å²) < 4.78 is 5.17. The molecule has 1 saturated heterocycles. The van der Waals surface area contributed by atoms with Crippen molar-refractivity contribution in [3.63, 3.8) is 0 Å². The summed E-state index contributed by atoms with van der Waals surface area (Å²) in [6.45, 7) is 1.83. The van der Waals surface area contributed by atoms with Crippen molar-refractivity contribution in [2.24, 2.45) is 0 Å². The molecule has 1 aromatic rings. The zero-order valence-corrected chi connectivity index (χ0v) is 9.97. The first-order valence-corrected chi connectivity index (χ1v) is 5.20. The van der Waals surface area contributed by atoms with Crippen LogP contribution in [0.25, 0.3) is 0 Å². The first-order chi connectivity index (χ1) is 8.06. The fraction of sp³-hybridized carbons (Fsp3) is 0.364. The number of carbonyl (C=O) groups excluding carboxylic acids is 1. The van der Waals surface area contributed by atoms with E-state index < -0.39 is 6.35 Å². The summed E-state index contributed by atoms with van der Waals surface area (Å²) in [5.74, 6) is 0.0532. The molecule has 1 aromatic carbocycles. The third-order valence-corrected chi connectivity index (χ3v) is 2.71. The number of methoxy groups -OCH3 is 1. The van der Waals surface area contributed by atoms with Crippen molar-refractivity contribution >= 4 is 11.7 Å². The number of carbonyl (C=O) groups is 1. The lowest BCUT2D eigenvalue weighted by molar-refractivity contribution is 0.0646. The predicted molar refractivity (Wildman–Crippen MR) is 62.4 cm³/mol. The van der Waals surface area contributed by atoms with E-state index in [1.165, 1.54) is 17.0 Å². The van der Waals surface area contributed by atoms with Crippen LogP contribution in [0.5, 0.6) is 5.75 Å². The van der Waals surface area contributed by atoms with Crippen LogP contribution in [0.15, 0.2) is 18.2 Å². The fourth-order valence-corrected chi connectivity index (χ4v) is 1.87. The zero-order valence-electron chi connectivity index (χ0n) is 9.97. The number of amides is 2. The number of nitrogens with zero attached hydrogens (tertiary/aromatic N) is 2. The minimum Gasteiger partial charge on any atom is -0.506 e. The van der Waals surface area contributed by atoms with Crippen molar-refractivity contribution in [3.8, 4) is 5.75 Å². The van der Waals surface area contributed by atoms with Gasteiger partial charge in [-0.25, -0.2) is 9.69 Å². The SMILES string of the molecule is COC1NN(C)C(=O)N1c1c(C)cccc1O. The van der Waals surface area contributed by atoms with Crippen LogP contribution in [0.3, 0.4) is 0 Å². The number of aromatic hydroxyl groups is 1. The molecule has 0 aliphatic carbocycles. The number of nitrogens with one attached hydrogen (secondary N) is 1. The molecule has 0 saturated carbocycles. The number of hydrazine groups is 1. The molecule has 2 rings (SSSR count). The highest BCUT2D eigenvalue weighted by molar-refractivity contribution is 5.96. The maximum atomic E-state index is 12.0. The summed E-state index contributed by atoms with van der Waals surface area (Å²) in [4.78, 5) is 13.4. The number of hydrogen-bond acceptors (Lipinski definition) is 4. The van der Waals surface area contributed by atoms with Crippen molar-refractivity contribution in [2.75, 3.05) is 19.1 Å². The zero-order chi connectivity index (χ0) is 12.6. The molecule has 2 amide bonds. The second kappa shape index (κ2) is 4.23. The Labute approximate surface area is 99.4 Å². The van der Waals surface area contributed by atoms with E-state index in [-0.39, 0.29) is 11.8 Å². The molecule has 1 aliphatic rings. The summed E-state index contributed by atoms with van der Waals surface area (Å²) >= 11 is 0. The highest BCUT2D eigenvalue weighted by atomic mass is 16.5. The number of phenols is 1. The third-order valence-electron chi connectivity index (χ3n) is 2.71. The molecular formula is C11H15N3O3. The van der Waals surface area contributed by atoms with Gasteiger partial charge in [-0.1, -0.05) is 12.1 Å². The molecule has 17 heavy (non-hydrogen) atoms. The van der Waals surface area contributed by atoms with Gasteiger partial charge in [-0.15, -0.1) is 0 Å². The molecule has 1 unspecified atom stereocenters. The lowest BCUT2D eigenvalue weighted by Crippen LogP contribution is -2.39. The number of anilines is 1. The second-order valence-corrected chi connectivity index (χ2v) is 3.87. The summed E-state index contributed by atoms with van der Waals surface area (Å²) in [5, 5.41) is 11.2. The Morgan fingerprint density at radius 1 is 1.47 bits per heavy atom. The minimum atomic E-state index is -0.612. The van der Waals surface area contributed by atoms with Crippen molar-refractivity contribution in [3.05, 3.63) is 23.8 Å². The summed E-state index contributed by atoms with van der Waals surface area (Å²) in [6.07, 6.45) is -0.612. The van der Waals surface area contributed by atoms with E-state index in [1.807, 2.05) is 13.0 Å². The van der Waals surface area contributed by atoms with Crippen molar-refractivity contribution in [1.29, 1.82) is 0 Å². The first-order valence-electron chi connectivity index (χ1n) is 5.20. The van der Waals surface area contributed by atoms with Gasteiger partial charge in [-0.3, -0.25) is 5.01 Å².